The lowest BCUT2D eigenvalue weighted by Crippen LogP contribution is -2.51. The van der Waals surface area contributed by atoms with Gasteiger partial charge in [0, 0.05) is 36.9 Å². The largest absolute Gasteiger partial charge is 0.340 e. The average molecular weight is 330 g/mol. The third-order valence-electron chi connectivity index (χ3n) is 4.56. The van der Waals surface area contributed by atoms with E-state index in [0.717, 1.165) is 42.3 Å². The van der Waals surface area contributed by atoms with Crippen LogP contribution < -0.4 is 5.32 Å². The molecule has 6 heteroatoms. The van der Waals surface area contributed by atoms with Crippen molar-refractivity contribution in [1.82, 2.24) is 20.0 Å². The second-order valence-corrected chi connectivity index (χ2v) is 6.41. The molecule has 1 aliphatic rings. The van der Waals surface area contributed by atoms with Crippen LogP contribution in [0.1, 0.15) is 23.9 Å². The topological polar surface area (TPSA) is 50.2 Å². The smallest absolute Gasteiger partial charge is 0.227 e. The van der Waals surface area contributed by atoms with Gasteiger partial charge in [-0.15, -0.1) is 0 Å². The molecule has 1 unspecified atom stereocenters. The van der Waals surface area contributed by atoms with Crippen LogP contribution in [0.2, 0.25) is 0 Å². The normalized spacial score (nSPS) is 18.0. The quantitative estimate of drug-likeness (QED) is 0.936. The lowest BCUT2D eigenvalue weighted by atomic mass is 10.1. The van der Waals surface area contributed by atoms with Crippen LogP contribution in [-0.2, 0) is 11.2 Å². The van der Waals surface area contributed by atoms with Crippen LogP contribution in [0.15, 0.2) is 24.3 Å². The summed E-state index contributed by atoms with van der Waals surface area (Å²) in [5, 5.41) is 7.88. The van der Waals surface area contributed by atoms with Gasteiger partial charge in [-0.25, -0.2) is 9.07 Å². The van der Waals surface area contributed by atoms with E-state index in [9.17, 15) is 9.18 Å². The zero-order valence-electron chi connectivity index (χ0n) is 14.3. The van der Waals surface area contributed by atoms with Gasteiger partial charge in [-0.1, -0.05) is 0 Å². The molecule has 0 bridgehead atoms. The Hall–Kier alpha value is -2.21. The van der Waals surface area contributed by atoms with Gasteiger partial charge >= 0.3 is 0 Å². The number of carbonyl (C=O) groups excluding carboxylic acids is 1. The van der Waals surface area contributed by atoms with Gasteiger partial charge in [0.15, 0.2) is 0 Å². The lowest BCUT2D eigenvalue weighted by Gasteiger charge is -2.32. The summed E-state index contributed by atoms with van der Waals surface area (Å²) in [6.45, 7) is 8.26. The number of piperazine rings is 1. The Bertz CT molecular complexity index is 738. The first-order chi connectivity index (χ1) is 11.5. The fourth-order valence-electron chi connectivity index (χ4n) is 3.19. The minimum atomic E-state index is -0.275. The van der Waals surface area contributed by atoms with E-state index in [2.05, 4.69) is 17.3 Å². The van der Waals surface area contributed by atoms with Crippen molar-refractivity contribution in [1.29, 1.82) is 0 Å². The number of benzene rings is 1. The van der Waals surface area contributed by atoms with Crippen molar-refractivity contribution in [2.24, 2.45) is 0 Å². The van der Waals surface area contributed by atoms with E-state index in [-0.39, 0.29) is 11.7 Å². The zero-order chi connectivity index (χ0) is 17.3. The Balaban J connectivity index is 1.81. The molecule has 1 amide bonds. The van der Waals surface area contributed by atoms with E-state index < -0.39 is 0 Å². The first-order valence-corrected chi connectivity index (χ1v) is 8.28. The monoisotopic (exact) mass is 330 g/mol. The predicted molar refractivity (Wildman–Crippen MR) is 90.7 cm³/mol. The molecule has 2 heterocycles. The minimum absolute atomic E-state index is 0.133. The van der Waals surface area contributed by atoms with Crippen molar-refractivity contribution in [3.63, 3.8) is 0 Å². The lowest BCUT2D eigenvalue weighted by molar-refractivity contribution is -0.131. The van der Waals surface area contributed by atoms with Gasteiger partial charge in [0.05, 0.1) is 17.8 Å². The fourth-order valence-corrected chi connectivity index (χ4v) is 3.19. The summed E-state index contributed by atoms with van der Waals surface area (Å²) in [6.07, 6.45) is 0.353. The van der Waals surface area contributed by atoms with Crippen LogP contribution in [0.3, 0.4) is 0 Å². The zero-order valence-corrected chi connectivity index (χ0v) is 14.3. The number of carbonyl (C=O) groups is 1. The SMILES string of the molecule is Cc1nn(-c2ccc(F)cc2)c(C)c1CC(=O)N1CCNC(C)C1. The second kappa shape index (κ2) is 6.73. The molecule has 2 aromatic rings. The summed E-state index contributed by atoms with van der Waals surface area (Å²) in [7, 11) is 0. The molecule has 1 aromatic carbocycles. The molecule has 24 heavy (non-hydrogen) atoms. The highest BCUT2D eigenvalue weighted by Gasteiger charge is 2.23. The van der Waals surface area contributed by atoms with E-state index >= 15 is 0 Å². The number of halogens is 1. The molecular formula is C18H23FN4O. The maximum absolute atomic E-state index is 13.1. The van der Waals surface area contributed by atoms with E-state index in [4.69, 9.17) is 0 Å². The Morgan fingerprint density at radius 3 is 2.71 bits per heavy atom. The number of nitrogens with zero attached hydrogens (tertiary/aromatic N) is 3. The summed E-state index contributed by atoms with van der Waals surface area (Å²) < 4.78 is 14.9. The number of nitrogens with one attached hydrogen (secondary N) is 1. The molecule has 1 fully saturated rings. The molecular weight excluding hydrogens is 307 g/mol. The van der Waals surface area contributed by atoms with Crippen molar-refractivity contribution in [2.75, 3.05) is 19.6 Å². The van der Waals surface area contributed by atoms with Gasteiger partial charge in [-0.3, -0.25) is 4.79 Å². The van der Waals surface area contributed by atoms with Gasteiger partial charge in [0.25, 0.3) is 0 Å². The number of aromatic nitrogens is 2. The Labute approximate surface area is 141 Å². The van der Waals surface area contributed by atoms with E-state index in [0.29, 0.717) is 12.5 Å². The second-order valence-electron chi connectivity index (χ2n) is 6.41. The third-order valence-corrected chi connectivity index (χ3v) is 4.56. The molecule has 1 aromatic heterocycles. The van der Waals surface area contributed by atoms with Gasteiger partial charge in [-0.2, -0.15) is 5.10 Å². The number of rotatable bonds is 3. The molecule has 0 radical (unpaired) electrons. The predicted octanol–water partition coefficient (Wildman–Crippen LogP) is 1.99. The van der Waals surface area contributed by atoms with E-state index in [1.807, 2.05) is 18.7 Å². The third kappa shape index (κ3) is 3.33. The van der Waals surface area contributed by atoms with Crippen LogP contribution in [0.25, 0.3) is 5.69 Å². The van der Waals surface area contributed by atoms with Crippen molar-refractivity contribution in [2.45, 2.75) is 33.2 Å². The van der Waals surface area contributed by atoms with Crippen molar-refractivity contribution >= 4 is 5.91 Å². The van der Waals surface area contributed by atoms with Gasteiger partial charge in [0.1, 0.15) is 5.82 Å². The Morgan fingerprint density at radius 1 is 1.33 bits per heavy atom. The van der Waals surface area contributed by atoms with Gasteiger partial charge in [-0.05, 0) is 45.0 Å². The van der Waals surface area contributed by atoms with Crippen LogP contribution in [0.4, 0.5) is 4.39 Å². The molecule has 1 N–H and O–H groups in total. The van der Waals surface area contributed by atoms with E-state index in [1.54, 1.807) is 16.8 Å². The highest BCUT2D eigenvalue weighted by atomic mass is 19.1. The molecule has 0 saturated carbocycles. The van der Waals surface area contributed by atoms with Crippen LogP contribution in [-0.4, -0.2) is 46.3 Å². The fraction of sp³-hybridized carbons (Fsp3) is 0.444. The number of hydrogen-bond donors (Lipinski definition) is 1. The van der Waals surface area contributed by atoms with Crippen molar-refractivity contribution in [3.05, 3.63) is 47.0 Å². The molecule has 1 saturated heterocycles. The Morgan fingerprint density at radius 2 is 2.04 bits per heavy atom. The maximum atomic E-state index is 13.1. The standard InChI is InChI=1S/C18H23FN4O/c1-12-11-22(9-8-20-12)18(24)10-17-13(2)21-23(14(17)3)16-6-4-15(19)5-7-16/h4-7,12,20H,8-11H2,1-3H3. The molecule has 1 atom stereocenters. The van der Waals surface area contributed by atoms with Crippen LogP contribution in [0, 0.1) is 19.7 Å². The summed E-state index contributed by atoms with van der Waals surface area (Å²) in [5.41, 5.74) is 3.52. The molecule has 0 aliphatic carbocycles. The van der Waals surface area contributed by atoms with Crippen LogP contribution in [0.5, 0.6) is 0 Å². The average Bonchev–Trinajstić information content (AvgIpc) is 2.84. The van der Waals surface area contributed by atoms with Crippen molar-refractivity contribution < 1.29 is 9.18 Å². The van der Waals surface area contributed by atoms with Gasteiger partial charge < -0.3 is 10.2 Å². The molecule has 128 valence electrons. The molecule has 5 nitrogen and oxygen atoms in total. The van der Waals surface area contributed by atoms with E-state index in [1.165, 1.54) is 12.1 Å². The number of hydrogen-bond acceptors (Lipinski definition) is 3. The highest BCUT2D eigenvalue weighted by molar-refractivity contribution is 5.79. The molecule has 0 spiro atoms. The van der Waals surface area contributed by atoms with Crippen LogP contribution >= 0.6 is 0 Å². The summed E-state index contributed by atoms with van der Waals surface area (Å²) in [4.78, 5) is 14.5. The highest BCUT2D eigenvalue weighted by Crippen LogP contribution is 2.19. The first-order valence-electron chi connectivity index (χ1n) is 8.28. The number of amides is 1. The summed E-state index contributed by atoms with van der Waals surface area (Å²) in [5.74, 6) is -0.142. The van der Waals surface area contributed by atoms with Gasteiger partial charge in [0.2, 0.25) is 5.91 Å². The summed E-state index contributed by atoms with van der Waals surface area (Å²) >= 11 is 0. The van der Waals surface area contributed by atoms with Crippen molar-refractivity contribution in [3.8, 4) is 5.69 Å². The number of aryl methyl sites for hydroxylation is 1. The summed E-state index contributed by atoms with van der Waals surface area (Å²) in [6, 6.07) is 6.54. The minimum Gasteiger partial charge on any atom is -0.340 e. The first kappa shape index (κ1) is 16.6. The Kier molecular flexibility index (Phi) is 4.66. The molecule has 3 rings (SSSR count). The molecule has 1 aliphatic heterocycles. The maximum Gasteiger partial charge on any atom is 0.227 e.